The monoisotopic (exact) mass is 394 g/mol. The van der Waals surface area contributed by atoms with Crippen molar-refractivity contribution >= 4 is 23.3 Å². The molecule has 152 valence electrons. The highest BCUT2D eigenvalue weighted by molar-refractivity contribution is 6.19. The first-order chi connectivity index (χ1) is 13.8. The number of hydrogen-bond acceptors (Lipinski definition) is 4. The molecule has 2 aromatic rings. The van der Waals surface area contributed by atoms with Gasteiger partial charge in [0.15, 0.2) is 5.78 Å². The van der Waals surface area contributed by atoms with E-state index in [2.05, 4.69) is 15.7 Å². The fraction of sp³-hybridized carbons (Fsp3) is 0.455. The molecule has 0 spiro atoms. The number of para-hydroxylation sites is 1. The van der Waals surface area contributed by atoms with Crippen molar-refractivity contribution < 1.29 is 14.4 Å². The molecular formula is C22H26N4O3. The number of ketones is 1. The lowest BCUT2D eigenvalue weighted by Gasteiger charge is -2.12. The van der Waals surface area contributed by atoms with E-state index in [1.54, 1.807) is 31.2 Å². The van der Waals surface area contributed by atoms with Crippen LogP contribution in [0, 0.1) is 31.1 Å². The summed E-state index contributed by atoms with van der Waals surface area (Å²) in [6.07, 6.45) is 1.60. The number of nitrogens with one attached hydrogen (secondary N) is 2. The summed E-state index contributed by atoms with van der Waals surface area (Å²) >= 11 is 0. The van der Waals surface area contributed by atoms with Gasteiger partial charge in [-0.05, 0) is 44.4 Å². The van der Waals surface area contributed by atoms with Crippen molar-refractivity contribution in [3.63, 3.8) is 0 Å². The molecule has 1 aromatic heterocycles. The zero-order chi connectivity index (χ0) is 20.9. The second-order valence-corrected chi connectivity index (χ2v) is 8.27. The van der Waals surface area contributed by atoms with Crippen LogP contribution in [0.1, 0.15) is 40.7 Å². The number of benzene rings is 1. The summed E-state index contributed by atoms with van der Waals surface area (Å²) in [5.41, 5.74) is 3.37. The highest BCUT2D eigenvalue weighted by Gasteiger charge is 2.73. The number of fused-ring (bicyclic) bond motifs is 2. The van der Waals surface area contributed by atoms with E-state index in [0.29, 0.717) is 17.8 Å². The van der Waals surface area contributed by atoms with Crippen LogP contribution in [0.15, 0.2) is 24.3 Å². The van der Waals surface area contributed by atoms with Gasteiger partial charge in [0, 0.05) is 24.8 Å². The minimum atomic E-state index is -0.975. The number of carbonyl (C=O) groups is 3. The van der Waals surface area contributed by atoms with Crippen LogP contribution in [0.2, 0.25) is 0 Å². The van der Waals surface area contributed by atoms with Gasteiger partial charge in [-0.1, -0.05) is 19.1 Å². The molecule has 2 N–H and O–H groups in total. The summed E-state index contributed by atoms with van der Waals surface area (Å²) in [4.78, 5) is 38.5. The minimum absolute atomic E-state index is 0.141. The summed E-state index contributed by atoms with van der Waals surface area (Å²) in [6.45, 7) is 6.25. The SMILES string of the molecule is Cc1nn(C)c(C)c1CCCNC(=O)[C@@H]1[C@H]2C(=O)Nc3ccccc3C(=O)[C@]12C. The largest absolute Gasteiger partial charge is 0.356 e. The Hall–Kier alpha value is -2.96. The van der Waals surface area contributed by atoms with E-state index in [-0.39, 0.29) is 17.6 Å². The number of rotatable bonds is 5. The fourth-order valence-electron chi connectivity index (χ4n) is 4.70. The Kier molecular flexibility index (Phi) is 4.56. The van der Waals surface area contributed by atoms with Gasteiger partial charge in [-0.3, -0.25) is 19.1 Å². The molecule has 29 heavy (non-hydrogen) atoms. The van der Waals surface area contributed by atoms with Crippen LogP contribution >= 0.6 is 0 Å². The first-order valence-corrected chi connectivity index (χ1v) is 9.98. The molecular weight excluding hydrogens is 368 g/mol. The molecule has 7 heteroatoms. The molecule has 1 saturated carbocycles. The molecule has 7 nitrogen and oxygen atoms in total. The van der Waals surface area contributed by atoms with Crippen LogP contribution in [0.5, 0.6) is 0 Å². The zero-order valence-corrected chi connectivity index (χ0v) is 17.2. The molecule has 3 atom stereocenters. The van der Waals surface area contributed by atoms with Crippen molar-refractivity contribution in [1.82, 2.24) is 15.1 Å². The van der Waals surface area contributed by atoms with Gasteiger partial charge in [-0.25, -0.2) is 0 Å². The molecule has 2 amide bonds. The van der Waals surface area contributed by atoms with Gasteiger partial charge in [0.2, 0.25) is 11.8 Å². The maximum absolute atomic E-state index is 13.1. The Bertz CT molecular complexity index is 1030. The van der Waals surface area contributed by atoms with Crippen LogP contribution in [-0.2, 0) is 23.1 Å². The lowest BCUT2D eigenvalue weighted by atomic mass is 9.92. The zero-order valence-electron chi connectivity index (χ0n) is 17.2. The van der Waals surface area contributed by atoms with Crippen molar-refractivity contribution in [2.24, 2.45) is 24.3 Å². The van der Waals surface area contributed by atoms with Crippen LogP contribution in [0.25, 0.3) is 0 Å². The molecule has 1 aliphatic carbocycles. The van der Waals surface area contributed by atoms with E-state index in [1.165, 1.54) is 5.56 Å². The number of anilines is 1. The number of hydrogen-bond donors (Lipinski definition) is 2. The normalized spacial score (nSPS) is 25.0. The fourth-order valence-corrected chi connectivity index (χ4v) is 4.70. The quantitative estimate of drug-likeness (QED) is 0.760. The average molecular weight is 394 g/mol. The number of aryl methyl sites for hydroxylation is 2. The van der Waals surface area contributed by atoms with E-state index in [1.807, 2.05) is 25.6 Å². The number of amides is 2. The summed E-state index contributed by atoms with van der Waals surface area (Å²) in [5, 5.41) is 10.2. The molecule has 0 unspecified atom stereocenters. The smallest absolute Gasteiger partial charge is 0.229 e. The third-order valence-corrected chi connectivity index (χ3v) is 6.56. The number of Topliss-reactive ketones (excluding diaryl/α,β-unsaturated/α-hetero) is 1. The van der Waals surface area contributed by atoms with Crippen LogP contribution in [0.3, 0.4) is 0 Å². The third kappa shape index (κ3) is 2.96. The van der Waals surface area contributed by atoms with Crippen LogP contribution < -0.4 is 10.6 Å². The predicted octanol–water partition coefficient (Wildman–Crippen LogP) is 2.17. The molecule has 1 aromatic carbocycles. The molecule has 0 saturated heterocycles. The van der Waals surface area contributed by atoms with E-state index in [4.69, 9.17) is 0 Å². The second kappa shape index (κ2) is 6.83. The van der Waals surface area contributed by atoms with Gasteiger partial charge in [-0.15, -0.1) is 0 Å². The van der Waals surface area contributed by atoms with Crippen molar-refractivity contribution in [3.05, 3.63) is 46.8 Å². The Morgan fingerprint density at radius 1 is 1.28 bits per heavy atom. The van der Waals surface area contributed by atoms with E-state index >= 15 is 0 Å². The molecule has 4 rings (SSSR count). The van der Waals surface area contributed by atoms with Crippen LogP contribution in [-0.4, -0.2) is 33.9 Å². The first-order valence-electron chi connectivity index (χ1n) is 9.98. The van der Waals surface area contributed by atoms with E-state index in [9.17, 15) is 14.4 Å². The summed E-state index contributed by atoms with van der Waals surface area (Å²) < 4.78 is 1.87. The van der Waals surface area contributed by atoms with Crippen molar-refractivity contribution in [2.45, 2.75) is 33.6 Å². The summed E-state index contributed by atoms with van der Waals surface area (Å²) in [6, 6.07) is 6.97. The highest BCUT2D eigenvalue weighted by Crippen LogP contribution is 2.62. The summed E-state index contributed by atoms with van der Waals surface area (Å²) in [5.74, 6) is -1.86. The average Bonchev–Trinajstić information content (AvgIpc) is 3.27. The molecule has 0 bridgehead atoms. The Morgan fingerprint density at radius 2 is 2.00 bits per heavy atom. The van der Waals surface area contributed by atoms with Gasteiger partial charge in [-0.2, -0.15) is 5.10 Å². The molecule has 1 aliphatic heterocycles. The molecule has 1 fully saturated rings. The van der Waals surface area contributed by atoms with Crippen molar-refractivity contribution in [2.75, 3.05) is 11.9 Å². The number of aromatic nitrogens is 2. The van der Waals surface area contributed by atoms with Crippen LogP contribution in [0.4, 0.5) is 5.69 Å². The van der Waals surface area contributed by atoms with Crippen molar-refractivity contribution in [3.8, 4) is 0 Å². The van der Waals surface area contributed by atoms with Gasteiger partial charge >= 0.3 is 0 Å². The third-order valence-electron chi connectivity index (χ3n) is 6.56. The molecule has 0 radical (unpaired) electrons. The Balaban J connectivity index is 1.40. The maximum atomic E-state index is 13.1. The topological polar surface area (TPSA) is 93.1 Å². The molecule has 2 heterocycles. The van der Waals surface area contributed by atoms with Crippen molar-refractivity contribution in [1.29, 1.82) is 0 Å². The maximum Gasteiger partial charge on any atom is 0.229 e. The minimum Gasteiger partial charge on any atom is -0.356 e. The van der Waals surface area contributed by atoms with E-state index in [0.717, 1.165) is 24.2 Å². The predicted molar refractivity (Wildman–Crippen MR) is 109 cm³/mol. The van der Waals surface area contributed by atoms with Gasteiger partial charge in [0.25, 0.3) is 0 Å². The van der Waals surface area contributed by atoms with Gasteiger partial charge in [0.05, 0.1) is 28.6 Å². The standard InChI is InChI=1S/C22H26N4O3/c1-12-14(13(2)26(4)25-12)9-7-11-23-20(28)17-18-21(29)24-16-10-6-5-8-15(16)19(27)22(17,18)3/h5-6,8,10,17-18H,7,9,11H2,1-4H3,(H,23,28)(H,24,29)/t17-,18-,22+/m0/s1. The number of carbonyl (C=O) groups excluding carboxylic acids is 3. The summed E-state index contributed by atoms with van der Waals surface area (Å²) in [7, 11) is 1.92. The Morgan fingerprint density at radius 3 is 2.69 bits per heavy atom. The van der Waals surface area contributed by atoms with Gasteiger partial charge < -0.3 is 10.6 Å². The second-order valence-electron chi connectivity index (χ2n) is 8.27. The van der Waals surface area contributed by atoms with E-state index < -0.39 is 17.3 Å². The lowest BCUT2D eigenvalue weighted by molar-refractivity contribution is -0.125. The molecule has 2 aliphatic rings. The highest BCUT2D eigenvalue weighted by atomic mass is 16.2. The number of nitrogens with zero attached hydrogens (tertiary/aromatic N) is 2. The van der Waals surface area contributed by atoms with Gasteiger partial charge in [0.1, 0.15) is 0 Å². The Labute approximate surface area is 169 Å². The first kappa shape index (κ1) is 19.4. The lowest BCUT2D eigenvalue weighted by Crippen LogP contribution is -2.31.